The fraction of sp³-hybridized carbons (Fsp3) is 0.333. The second-order valence-corrected chi connectivity index (χ2v) is 2.48. The summed E-state index contributed by atoms with van der Waals surface area (Å²) in [6.45, 7) is 1.97. The highest BCUT2D eigenvalue weighted by Gasteiger charge is 2.04. The van der Waals surface area contributed by atoms with Crippen LogP contribution >= 0.6 is 0 Å². The average molecular weight is 163 g/mol. The summed E-state index contributed by atoms with van der Waals surface area (Å²) in [6.07, 6.45) is 2.46. The molecule has 64 valence electrons. The van der Waals surface area contributed by atoms with Crippen molar-refractivity contribution in [3.05, 3.63) is 23.9 Å². The summed E-state index contributed by atoms with van der Waals surface area (Å²) in [5, 5.41) is 10.6. The lowest BCUT2D eigenvalue weighted by Gasteiger charge is -2.06. The maximum Gasteiger partial charge on any atom is 0.134 e. The molecular weight excluding hydrogens is 150 g/mol. The Labute approximate surface area is 72.3 Å². The molecule has 1 aromatic rings. The van der Waals surface area contributed by atoms with Gasteiger partial charge in [0.05, 0.1) is 0 Å². The van der Waals surface area contributed by atoms with Crippen LogP contribution in [0.4, 0.5) is 5.82 Å². The number of pyridine rings is 1. The summed E-state index contributed by atoms with van der Waals surface area (Å²) in [6, 6.07) is 3.76. The van der Waals surface area contributed by atoms with Crippen molar-refractivity contribution >= 4 is 11.5 Å². The van der Waals surface area contributed by atoms with Gasteiger partial charge in [0, 0.05) is 24.5 Å². The lowest BCUT2D eigenvalue weighted by atomic mass is 10.1. The number of nitrogens with zero attached hydrogens (tertiary/aromatic N) is 1. The molecule has 0 fully saturated rings. The summed E-state index contributed by atoms with van der Waals surface area (Å²) < 4.78 is 0. The van der Waals surface area contributed by atoms with Gasteiger partial charge >= 0.3 is 0 Å². The Morgan fingerprint density at radius 2 is 2.42 bits per heavy atom. The molecule has 0 unspecified atom stereocenters. The van der Waals surface area contributed by atoms with Crippen LogP contribution in [0.2, 0.25) is 0 Å². The molecule has 0 amide bonds. The van der Waals surface area contributed by atoms with Gasteiger partial charge < -0.3 is 10.7 Å². The summed E-state index contributed by atoms with van der Waals surface area (Å²) in [4.78, 5) is 4.11. The van der Waals surface area contributed by atoms with Crippen molar-refractivity contribution < 1.29 is 0 Å². The fourth-order valence-electron chi connectivity index (χ4n) is 1.04. The van der Waals surface area contributed by atoms with Gasteiger partial charge in [-0.15, -0.1) is 0 Å². The monoisotopic (exact) mass is 163 g/mol. The van der Waals surface area contributed by atoms with Gasteiger partial charge in [-0.05, 0) is 18.6 Å². The van der Waals surface area contributed by atoms with E-state index in [0.717, 1.165) is 17.8 Å². The highest BCUT2D eigenvalue weighted by molar-refractivity contribution is 6.01. The molecule has 0 atom stereocenters. The van der Waals surface area contributed by atoms with Crippen LogP contribution in [0.3, 0.4) is 0 Å². The van der Waals surface area contributed by atoms with E-state index in [4.69, 9.17) is 5.41 Å². The van der Waals surface area contributed by atoms with E-state index in [1.807, 2.05) is 26.1 Å². The first-order valence-electron chi connectivity index (χ1n) is 4.00. The van der Waals surface area contributed by atoms with Crippen LogP contribution in [-0.4, -0.2) is 17.7 Å². The van der Waals surface area contributed by atoms with Gasteiger partial charge in [0.2, 0.25) is 0 Å². The van der Waals surface area contributed by atoms with Gasteiger partial charge in [-0.3, -0.25) is 0 Å². The van der Waals surface area contributed by atoms with Gasteiger partial charge in [0.1, 0.15) is 5.82 Å². The van der Waals surface area contributed by atoms with Crippen molar-refractivity contribution in [2.75, 3.05) is 12.4 Å². The zero-order valence-corrected chi connectivity index (χ0v) is 7.39. The lowest BCUT2D eigenvalue weighted by molar-refractivity contribution is 1.21. The van der Waals surface area contributed by atoms with E-state index >= 15 is 0 Å². The molecule has 0 radical (unpaired) electrons. The average Bonchev–Trinajstić information content (AvgIpc) is 2.16. The van der Waals surface area contributed by atoms with Crippen LogP contribution in [0.1, 0.15) is 18.9 Å². The Hall–Kier alpha value is -1.38. The normalized spacial score (nSPS) is 9.50. The van der Waals surface area contributed by atoms with Crippen LogP contribution in [0.25, 0.3) is 0 Å². The van der Waals surface area contributed by atoms with Crippen molar-refractivity contribution in [2.45, 2.75) is 13.3 Å². The zero-order valence-electron chi connectivity index (χ0n) is 7.39. The second kappa shape index (κ2) is 3.85. The quantitative estimate of drug-likeness (QED) is 0.668. The van der Waals surface area contributed by atoms with Crippen molar-refractivity contribution in [1.82, 2.24) is 4.98 Å². The Kier molecular flexibility index (Phi) is 2.80. The molecule has 0 aliphatic heterocycles. The van der Waals surface area contributed by atoms with Gasteiger partial charge in [-0.25, -0.2) is 4.98 Å². The number of rotatable bonds is 3. The van der Waals surface area contributed by atoms with Crippen molar-refractivity contribution in [2.24, 2.45) is 0 Å². The molecule has 1 aromatic heterocycles. The third-order valence-electron chi connectivity index (χ3n) is 1.72. The van der Waals surface area contributed by atoms with E-state index in [2.05, 4.69) is 10.3 Å². The Bertz CT molecular complexity index is 281. The number of hydrogen-bond donors (Lipinski definition) is 2. The van der Waals surface area contributed by atoms with Crippen molar-refractivity contribution in [3.63, 3.8) is 0 Å². The maximum absolute atomic E-state index is 7.64. The van der Waals surface area contributed by atoms with Crippen LogP contribution in [0.5, 0.6) is 0 Å². The molecule has 0 aliphatic carbocycles. The Balaban J connectivity index is 3.04. The Morgan fingerprint density at radius 1 is 1.67 bits per heavy atom. The molecule has 1 rings (SSSR count). The molecule has 0 spiro atoms. The van der Waals surface area contributed by atoms with Gasteiger partial charge in [0.25, 0.3) is 0 Å². The van der Waals surface area contributed by atoms with E-state index < -0.39 is 0 Å². The second-order valence-electron chi connectivity index (χ2n) is 2.48. The van der Waals surface area contributed by atoms with Crippen LogP contribution in [0, 0.1) is 5.41 Å². The molecule has 3 heteroatoms. The fourth-order valence-corrected chi connectivity index (χ4v) is 1.04. The molecule has 0 aromatic carbocycles. The topological polar surface area (TPSA) is 48.8 Å². The van der Waals surface area contributed by atoms with E-state index in [1.165, 1.54) is 0 Å². The first kappa shape index (κ1) is 8.71. The highest BCUT2D eigenvalue weighted by Crippen LogP contribution is 2.12. The van der Waals surface area contributed by atoms with Crippen molar-refractivity contribution in [3.8, 4) is 0 Å². The van der Waals surface area contributed by atoms with Crippen LogP contribution in [-0.2, 0) is 0 Å². The minimum atomic E-state index is 0.618. The predicted molar refractivity (Wildman–Crippen MR) is 50.9 cm³/mol. The van der Waals surface area contributed by atoms with Crippen LogP contribution < -0.4 is 5.32 Å². The molecule has 1 heterocycles. The summed E-state index contributed by atoms with van der Waals surface area (Å²) >= 11 is 0. The largest absolute Gasteiger partial charge is 0.373 e. The van der Waals surface area contributed by atoms with E-state index in [9.17, 15) is 0 Å². The summed E-state index contributed by atoms with van der Waals surface area (Å²) in [7, 11) is 1.81. The molecule has 12 heavy (non-hydrogen) atoms. The lowest BCUT2D eigenvalue weighted by Crippen LogP contribution is -2.03. The minimum Gasteiger partial charge on any atom is -0.373 e. The smallest absolute Gasteiger partial charge is 0.134 e. The highest BCUT2D eigenvalue weighted by atomic mass is 15.0. The van der Waals surface area contributed by atoms with Gasteiger partial charge in [-0.1, -0.05) is 6.92 Å². The zero-order chi connectivity index (χ0) is 8.97. The van der Waals surface area contributed by atoms with Gasteiger partial charge in [-0.2, -0.15) is 0 Å². The molecular formula is C9H13N3. The van der Waals surface area contributed by atoms with Crippen molar-refractivity contribution in [1.29, 1.82) is 5.41 Å². The SMILES string of the molecule is CCC(=N)c1cccnc1NC. The number of aromatic nitrogens is 1. The van der Waals surface area contributed by atoms with E-state index in [-0.39, 0.29) is 0 Å². The molecule has 3 nitrogen and oxygen atoms in total. The first-order chi connectivity index (χ1) is 5.79. The minimum absolute atomic E-state index is 0.618. The Morgan fingerprint density at radius 3 is 3.00 bits per heavy atom. The third kappa shape index (κ3) is 1.61. The first-order valence-corrected chi connectivity index (χ1v) is 4.00. The van der Waals surface area contributed by atoms with Crippen LogP contribution in [0.15, 0.2) is 18.3 Å². The van der Waals surface area contributed by atoms with Gasteiger partial charge in [0.15, 0.2) is 0 Å². The maximum atomic E-state index is 7.64. The molecule has 0 bridgehead atoms. The molecule has 0 saturated heterocycles. The number of anilines is 1. The molecule has 0 aliphatic rings. The number of nitrogens with one attached hydrogen (secondary N) is 2. The summed E-state index contributed by atoms with van der Waals surface area (Å²) in [5.41, 5.74) is 1.51. The van der Waals surface area contributed by atoms with E-state index in [0.29, 0.717) is 5.71 Å². The summed E-state index contributed by atoms with van der Waals surface area (Å²) in [5.74, 6) is 0.782. The standard InChI is InChI=1S/C9H13N3/c1-3-8(10)7-5-4-6-12-9(7)11-2/h4-6,10H,3H2,1-2H3,(H,11,12). The van der Waals surface area contributed by atoms with E-state index in [1.54, 1.807) is 6.20 Å². The third-order valence-corrected chi connectivity index (χ3v) is 1.72. The predicted octanol–water partition coefficient (Wildman–Crippen LogP) is 1.90. The molecule has 0 saturated carbocycles. The molecule has 2 N–H and O–H groups in total. The number of hydrogen-bond acceptors (Lipinski definition) is 3.